The zero-order chi connectivity index (χ0) is 14.7. The van der Waals surface area contributed by atoms with Gasteiger partial charge in [0.15, 0.2) is 5.75 Å². The van der Waals surface area contributed by atoms with E-state index in [1.807, 2.05) is 37.7 Å². The summed E-state index contributed by atoms with van der Waals surface area (Å²) in [5.74, 6) is 1.61. The van der Waals surface area contributed by atoms with E-state index in [0.717, 1.165) is 35.1 Å². The molecular weight excluding hydrogens is 252 g/mol. The van der Waals surface area contributed by atoms with E-state index in [0.29, 0.717) is 6.04 Å². The minimum atomic E-state index is 0.434. The van der Waals surface area contributed by atoms with E-state index >= 15 is 0 Å². The van der Waals surface area contributed by atoms with Crippen molar-refractivity contribution in [2.45, 2.75) is 40.3 Å². The fraction of sp³-hybridized carbons (Fsp3) is 0.467. The standard InChI is InChI=1S/C15H22N4O/c1-10(2)17-9-13-8-14(6-7-16-13)20-15-11(3)18-19(5)12(15)4/h6-8,10,17H,9H2,1-5H3. The molecule has 0 bridgehead atoms. The molecule has 2 heterocycles. The number of nitrogens with zero attached hydrogens (tertiary/aromatic N) is 3. The average Bonchev–Trinajstić information content (AvgIpc) is 2.64. The minimum Gasteiger partial charge on any atom is -0.453 e. The number of nitrogens with one attached hydrogen (secondary N) is 1. The Bertz CT molecular complexity index is 590. The average molecular weight is 274 g/mol. The SMILES string of the molecule is Cc1nn(C)c(C)c1Oc1ccnc(CNC(C)C)c1. The Kier molecular flexibility index (Phi) is 4.39. The predicted octanol–water partition coefficient (Wildman–Crippen LogP) is 2.72. The Morgan fingerprint density at radius 2 is 2.10 bits per heavy atom. The molecule has 2 aromatic heterocycles. The third-order valence-electron chi connectivity index (χ3n) is 3.14. The molecule has 0 aliphatic heterocycles. The Morgan fingerprint density at radius 1 is 1.35 bits per heavy atom. The van der Waals surface area contributed by atoms with Gasteiger partial charge in [0.1, 0.15) is 11.4 Å². The van der Waals surface area contributed by atoms with E-state index in [-0.39, 0.29) is 0 Å². The quantitative estimate of drug-likeness (QED) is 0.911. The smallest absolute Gasteiger partial charge is 0.171 e. The normalized spacial score (nSPS) is 11.1. The molecule has 0 fully saturated rings. The van der Waals surface area contributed by atoms with Crippen LogP contribution in [0.5, 0.6) is 11.5 Å². The number of rotatable bonds is 5. The van der Waals surface area contributed by atoms with Crippen LogP contribution >= 0.6 is 0 Å². The van der Waals surface area contributed by atoms with E-state index in [9.17, 15) is 0 Å². The van der Waals surface area contributed by atoms with Gasteiger partial charge in [-0.15, -0.1) is 0 Å². The number of hydrogen-bond donors (Lipinski definition) is 1. The highest BCUT2D eigenvalue weighted by Gasteiger charge is 2.12. The number of hydrogen-bond acceptors (Lipinski definition) is 4. The summed E-state index contributed by atoms with van der Waals surface area (Å²) in [5, 5.41) is 7.70. The molecule has 0 amide bonds. The molecule has 0 aliphatic rings. The van der Waals surface area contributed by atoms with E-state index in [4.69, 9.17) is 4.74 Å². The minimum absolute atomic E-state index is 0.434. The number of pyridine rings is 1. The molecule has 5 nitrogen and oxygen atoms in total. The molecular formula is C15H22N4O. The lowest BCUT2D eigenvalue weighted by Crippen LogP contribution is -2.22. The molecule has 1 N–H and O–H groups in total. The monoisotopic (exact) mass is 274 g/mol. The van der Waals surface area contributed by atoms with Crippen molar-refractivity contribution in [1.82, 2.24) is 20.1 Å². The van der Waals surface area contributed by atoms with Crippen LogP contribution in [0.4, 0.5) is 0 Å². The summed E-state index contributed by atoms with van der Waals surface area (Å²) < 4.78 is 7.78. The van der Waals surface area contributed by atoms with Crippen molar-refractivity contribution >= 4 is 0 Å². The van der Waals surface area contributed by atoms with Gasteiger partial charge in [-0.25, -0.2) is 0 Å². The zero-order valence-electron chi connectivity index (χ0n) is 12.8. The van der Waals surface area contributed by atoms with Crippen LogP contribution in [0, 0.1) is 13.8 Å². The Hall–Kier alpha value is -1.88. The molecule has 2 rings (SSSR count). The van der Waals surface area contributed by atoms with Crippen molar-refractivity contribution in [2.75, 3.05) is 0 Å². The fourth-order valence-electron chi connectivity index (χ4n) is 1.94. The maximum Gasteiger partial charge on any atom is 0.171 e. The summed E-state index contributed by atoms with van der Waals surface area (Å²) in [4.78, 5) is 4.34. The summed E-state index contributed by atoms with van der Waals surface area (Å²) in [6.07, 6.45) is 1.77. The number of aromatic nitrogens is 3. The molecule has 0 spiro atoms. The van der Waals surface area contributed by atoms with Crippen molar-refractivity contribution < 1.29 is 4.74 Å². The van der Waals surface area contributed by atoms with E-state index in [1.165, 1.54) is 0 Å². The van der Waals surface area contributed by atoms with Crippen LogP contribution in [-0.2, 0) is 13.6 Å². The van der Waals surface area contributed by atoms with E-state index < -0.39 is 0 Å². The van der Waals surface area contributed by atoms with Crippen LogP contribution in [0.15, 0.2) is 18.3 Å². The first-order valence-electron chi connectivity index (χ1n) is 6.83. The second-order valence-corrected chi connectivity index (χ2v) is 5.24. The van der Waals surface area contributed by atoms with Crippen molar-refractivity contribution in [2.24, 2.45) is 7.05 Å². The second-order valence-electron chi connectivity index (χ2n) is 5.24. The summed E-state index contributed by atoms with van der Waals surface area (Å²) >= 11 is 0. The van der Waals surface area contributed by atoms with Gasteiger partial charge in [-0.3, -0.25) is 9.67 Å². The fourth-order valence-corrected chi connectivity index (χ4v) is 1.94. The third kappa shape index (κ3) is 3.36. The summed E-state index contributed by atoms with van der Waals surface area (Å²) in [5.41, 5.74) is 2.88. The summed E-state index contributed by atoms with van der Waals surface area (Å²) in [6, 6.07) is 4.26. The highest BCUT2D eigenvalue weighted by molar-refractivity contribution is 5.37. The maximum atomic E-state index is 5.96. The van der Waals surface area contributed by atoms with Gasteiger partial charge in [0.25, 0.3) is 0 Å². The maximum absolute atomic E-state index is 5.96. The lowest BCUT2D eigenvalue weighted by molar-refractivity contribution is 0.471. The third-order valence-corrected chi connectivity index (χ3v) is 3.14. The molecule has 0 atom stereocenters. The summed E-state index contributed by atoms with van der Waals surface area (Å²) in [7, 11) is 1.92. The molecule has 0 saturated carbocycles. The van der Waals surface area contributed by atoms with Crippen molar-refractivity contribution in [3.05, 3.63) is 35.4 Å². The molecule has 0 aromatic carbocycles. The molecule has 108 valence electrons. The van der Waals surface area contributed by atoms with Gasteiger partial charge in [0.2, 0.25) is 0 Å². The van der Waals surface area contributed by atoms with Crippen LogP contribution in [0.3, 0.4) is 0 Å². The molecule has 5 heteroatoms. The second kappa shape index (κ2) is 6.05. The van der Waals surface area contributed by atoms with Gasteiger partial charge in [0, 0.05) is 31.9 Å². The summed E-state index contributed by atoms with van der Waals surface area (Å²) in [6.45, 7) is 8.91. The lowest BCUT2D eigenvalue weighted by atomic mass is 10.3. The van der Waals surface area contributed by atoms with Crippen LogP contribution in [0.2, 0.25) is 0 Å². The van der Waals surface area contributed by atoms with Crippen molar-refractivity contribution in [3.63, 3.8) is 0 Å². The first kappa shape index (κ1) is 14.5. The van der Waals surface area contributed by atoms with Gasteiger partial charge < -0.3 is 10.1 Å². The highest BCUT2D eigenvalue weighted by Crippen LogP contribution is 2.27. The molecule has 0 aliphatic carbocycles. The van der Waals surface area contributed by atoms with Gasteiger partial charge in [0.05, 0.1) is 11.4 Å². The Morgan fingerprint density at radius 3 is 2.70 bits per heavy atom. The first-order valence-corrected chi connectivity index (χ1v) is 6.83. The van der Waals surface area contributed by atoms with Crippen LogP contribution in [-0.4, -0.2) is 20.8 Å². The van der Waals surface area contributed by atoms with Gasteiger partial charge in [-0.2, -0.15) is 5.10 Å². The van der Waals surface area contributed by atoms with Gasteiger partial charge in [-0.05, 0) is 19.9 Å². The predicted molar refractivity (Wildman–Crippen MR) is 79.0 cm³/mol. The van der Waals surface area contributed by atoms with E-state index in [1.54, 1.807) is 6.20 Å². The van der Waals surface area contributed by atoms with E-state index in [2.05, 4.69) is 29.2 Å². The Balaban J connectivity index is 2.15. The first-order chi connectivity index (χ1) is 9.47. The van der Waals surface area contributed by atoms with Gasteiger partial charge >= 0.3 is 0 Å². The molecule has 0 unspecified atom stereocenters. The topological polar surface area (TPSA) is 52.0 Å². The molecule has 2 aromatic rings. The zero-order valence-corrected chi connectivity index (χ0v) is 12.8. The molecule has 20 heavy (non-hydrogen) atoms. The molecule has 0 radical (unpaired) electrons. The lowest BCUT2D eigenvalue weighted by Gasteiger charge is -2.10. The van der Waals surface area contributed by atoms with Crippen molar-refractivity contribution in [1.29, 1.82) is 0 Å². The largest absolute Gasteiger partial charge is 0.453 e. The Labute approximate surface area is 120 Å². The highest BCUT2D eigenvalue weighted by atomic mass is 16.5. The van der Waals surface area contributed by atoms with Crippen molar-refractivity contribution in [3.8, 4) is 11.5 Å². The number of aryl methyl sites for hydroxylation is 2. The number of ether oxygens (including phenoxy) is 1. The molecule has 0 saturated heterocycles. The van der Waals surface area contributed by atoms with Crippen LogP contribution < -0.4 is 10.1 Å². The van der Waals surface area contributed by atoms with Gasteiger partial charge in [-0.1, -0.05) is 13.8 Å². The van der Waals surface area contributed by atoms with Crippen LogP contribution in [0.1, 0.15) is 30.9 Å². The van der Waals surface area contributed by atoms with Crippen LogP contribution in [0.25, 0.3) is 0 Å².